The number of aromatic nitrogens is 1. The number of carbonyl (C=O) groups excluding carboxylic acids is 2. The second kappa shape index (κ2) is 10.3. The number of para-hydroxylation sites is 1. The standard InChI is InChI=1S/C25H30N4O5S/c1-17-9-13-20(14-10-17)35(32,33)28-21-8-6-7-18-11-12-19(27-23(18)21)15-29(16-22(30)26-5)24(31)34-25(2,3)4/h6-14,28H,15-16H2,1-5H3,(H,26,30). The predicted molar refractivity (Wildman–Crippen MR) is 134 cm³/mol. The minimum atomic E-state index is -3.84. The van der Waals surface area contributed by atoms with Gasteiger partial charge in [-0.1, -0.05) is 35.9 Å². The van der Waals surface area contributed by atoms with Crippen LogP contribution >= 0.6 is 0 Å². The van der Waals surface area contributed by atoms with E-state index in [1.54, 1.807) is 69.3 Å². The molecule has 0 aliphatic rings. The number of ether oxygens (including phenoxy) is 1. The molecule has 0 fully saturated rings. The number of rotatable bonds is 7. The maximum Gasteiger partial charge on any atom is 0.411 e. The molecule has 0 spiro atoms. The fraction of sp³-hybridized carbons (Fsp3) is 0.320. The third-order valence-corrected chi connectivity index (χ3v) is 6.35. The molecule has 0 saturated heterocycles. The molecule has 0 bridgehead atoms. The molecule has 0 radical (unpaired) electrons. The van der Waals surface area contributed by atoms with Crippen molar-refractivity contribution in [2.75, 3.05) is 18.3 Å². The largest absolute Gasteiger partial charge is 0.444 e. The normalized spacial score (nSPS) is 11.7. The van der Waals surface area contributed by atoms with Crippen LogP contribution in [0, 0.1) is 6.92 Å². The van der Waals surface area contributed by atoms with E-state index in [0.717, 1.165) is 5.56 Å². The average molecular weight is 499 g/mol. The number of benzene rings is 2. The van der Waals surface area contributed by atoms with Gasteiger partial charge in [-0.15, -0.1) is 0 Å². The van der Waals surface area contributed by atoms with Crippen molar-refractivity contribution in [2.24, 2.45) is 0 Å². The van der Waals surface area contributed by atoms with Crippen molar-refractivity contribution in [1.82, 2.24) is 15.2 Å². The van der Waals surface area contributed by atoms with E-state index in [-0.39, 0.29) is 23.9 Å². The Kier molecular flexibility index (Phi) is 7.64. The van der Waals surface area contributed by atoms with E-state index in [1.165, 1.54) is 11.9 Å². The van der Waals surface area contributed by atoms with Crippen molar-refractivity contribution in [2.45, 2.75) is 44.7 Å². The molecule has 0 aliphatic carbocycles. The Balaban J connectivity index is 1.94. The number of hydrogen-bond acceptors (Lipinski definition) is 6. The number of nitrogens with zero attached hydrogens (tertiary/aromatic N) is 2. The number of hydrogen-bond donors (Lipinski definition) is 2. The molecule has 186 valence electrons. The van der Waals surface area contributed by atoms with Gasteiger partial charge in [-0.2, -0.15) is 0 Å². The monoisotopic (exact) mass is 498 g/mol. The molecule has 9 nitrogen and oxygen atoms in total. The maximum atomic E-state index is 12.9. The van der Waals surface area contributed by atoms with E-state index < -0.39 is 21.7 Å². The summed E-state index contributed by atoms with van der Waals surface area (Å²) in [7, 11) is -2.36. The van der Waals surface area contributed by atoms with E-state index in [9.17, 15) is 18.0 Å². The Hall–Kier alpha value is -3.66. The molecule has 0 aliphatic heterocycles. The highest BCUT2D eigenvalue weighted by molar-refractivity contribution is 7.92. The molecule has 3 aromatic rings. The summed E-state index contributed by atoms with van der Waals surface area (Å²) in [5.41, 5.74) is 1.40. The van der Waals surface area contributed by atoms with Crippen molar-refractivity contribution in [3.63, 3.8) is 0 Å². The summed E-state index contributed by atoms with van der Waals surface area (Å²) in [6, 6.07) is 15.2. The fourth-order valence-corrected chi connectivity index (χ4v) is 4.30. The molecule has 2 amide bonds. The molecule has 0 unspecified atom stereocenters. The van der Waals surface area contributed by atoms with E-state index in [1.807, 2.05) is 13.0 Å². The van der Waals surface area contributed by atoms with Crippen LogP contribution < -0.4 is 10.0 Å². The van der Waals surface area contributed by atoms with Crippen LogP contribution in [-0.2, 0) is 26.1 Å². The van der Waals surface area contributed by atoms with E-state index in [2.05, 4.69) is 15.0 Å². The highest BCUT2D eigenvalue weighted by atomic mass is 32.2. The first kappa shape index (κ1) is 26.0. The van der Waals surface area contributed by atoms with Crippen molar-refractivity contribution in [1.29, 1.82) is 0 Å². The molecule has 0 atom stereocenters. The van der Waals surface area contributed by atoms with Crippen LogP contribution in [0.4, 0.5) is 10.5 Å². The van der Waals surface area contributed by atoms with Crippen LogP contribution in [0.15, 0.2) is 59.5 Å². The van der Waals surface area contributed by atoms with Gasteiger partial charge in [0.2, 0.25) is 5.91 Å². The van der Waals surface area contributed by atoms with Crippen LogP contribution in [0.2, 0.25) is 0 Å². The number of pyridine rings is 1. The molecule has 1 heterocycles. The van der Waals surface area contributed by atoms with Crippen molar-refractivity contribution in [3.05, 3.63) is 65.9 Å². The lowest BCUT2D eigenvalue weighted by molar-refractivity contribution is -0.121. The lowest BCUT2D eigenvalue weighted by Crippen LogP contribution is -2.42. The van der Waals surface area contributed by atoms with Gasteiger partial charge in [0, 0.05) is 12.4 Å². The van der Waals surface area contributed by atoms with Crippen molar-refractivity contribution < 1.29 is 22.7 Å². The van der Waals surface area contributed by atoms with Gasteiger partial charge < -0.3 is 10.1 Å². The number of nitrogens with one attached hydrogen (secondary N) is 2. The Morgan fingerprint density at radius 2 is 1.71 bits per heavy atom. The molecule has 10 heteroatoms. The van der Waals surface area contributed by atoms with E-state index in [4.69, 9.17) is 4.74 Å². The molecular weight excluding hydrogens is 468 g/mol. The van der Waals surface area contributed by atoms with Gasteiger partial charge >= 0.3 is 6.09 Å². The highest BCUT2D eigenvalue weighted by Gasteiger charge is 2.24. The van der Waals surface area contributed by atoms with Gasteiger partial charge in [-0.25, -0.2) is 18.2 Å². The first-order valence-electron chi connectivity index (χ1n) is 11.0. The summed E-state index contributed by atoms with van der Waals surface area (Å²) in [4.78, 5) is 30.7. The summed E-state index contributed by atoms with van der Waals surface area (Å²) in [5.74, 6) is -0.358. The molecule has 2 N–H and O–H groups in total. The first-order valence-corrected chi connectivity index (χ1v) is 12.5. The number of amides is 2. The zero-order valence-corrected chi connectivity index (χ0v) is 21.3. The minimum absolute atomic E-state index is 0.00266. The summed E-state index contributed by atoms with van der Waals surface area (Å²) in [6.45, 7) is 6.88. The van der Waals surface area contributed by atoms with E-state index in [0.29, 0.717) is 22.3 Å². The smallest absolute Gasteiger partial charge is 0.411 e. The zero-order chi connectivity index (χ0) is 25.8. The Labute approximate surface area is 205 Å². The molecule has 3 rings (SSSR count). The quantitative estimate of drug-likeness (QED) is 0.511. The Morgan fingerprint density at radius 3 is 2.34 bits per heavy atom. The number of aryl methyl sites for hydroxylation is 1. The summed E-state index contributed by atoms with van der Waals surface area (Å²) in [5, 5.41) is 3.21. The highest BCUT2D eigenvalue weighted by Crippen LogP contribution is 2.25. The van der Waals surface area contributed by atoms with Gasteiger partial charge in [0.25, 0.3) is 10.0 Å². The fourth-order valence-electron chi connectivity index (χ4n) is 3.24. The SMILES string of the molecule is CNC(=O)CN(Cc1ccc2cccc(NS(=O)(=O)c3ccc(C)cc3)c2n1)C(=O)OC(C)(C)C. The van der Waals surface area contributed by atoms with Crippen LogP contribution in [0.3, 0.4) is 0 Å². The van der Waals surface area contributed by atoms with Crippen LogP contribution in [0.1, 0.15) is 32.0 Å². The van der Waals surface area contributed by atoms with Gasteiger partial charge in [-0.3, -0.25) is 14.4 Å². The zero-order valence-electron chi connectivity index (χ0n) is 20.5. The third-order valence-electron chi connectivity index (χ3n) is 4.97. The van der Waals surface area contributed by atoms with Crippen LogP contribution in [-0.4, -0.2) is 49.5 Å². The Morgan fingerprint density at radius 1 is 1.03 bits per heavy atom. The lowest BCUT2D eigenvalue weighted by Gasteiger charge is -2.26. The molecule has 1 aromatic heterocycles. The number of anilines is 1. The first-order chi connectivity index (χ1) is 16.4. The predicted octanol–water partition coefficient (Wildman–Crippen LogP) is 3.83. The number of sulfonamides is 1. The van der Waals surface area contributed by atoms with Gasteiger partial charge in [0.1, 0.15) is 12.1 Å². The second-order valence-electron chi connectivity index (χ2n) is 9.11. The van der Waals surface area contributed by atoms with Gasteiger partial charge in [0.15, 0.2) is 0 Å². The number of fused-ring (bicyclic) bond motifs is 1. The van der Waals surface area contributed by atoms with E-state index >= 15 is 0 Å². The summed E-state index contributed by atoms with van der Waals surface area (Å²) >= 11 is 0. The lowest BCUT2D eigenvalue weighted by atomic mass is 10.1. The van der Waals surface area contributed by atoms with Crippen LogP contribution in [0.25, 0.3) is 10.9 Å². The number of likely N-dealkylation sites (N-methyl/N-ethyl adjacent to an activating group) is 1. The average Bonchev–Trinajstić information content (AvgIpc) is 2.78. The van der Waals surface area contributed by atoms with Crippen molar-refractivity contribution >= 4 is 38.6 Å². The van der Waals surface area contributed by atoms with Crippen LogP contribution in [0.5, 0.6) is 0 Å². The summed E-state index contributed by atoms with van der Waals surface area (Å²) < 4.78 is 33.9. The maximum absolute atomic E-state index is 12.9. The minimum Gasteiger partial charge on any atom is -0.444 e. The van der Waals surface area contributed by atoms with Gasteiger partial charge in [-0.05, 0) is 52.0 Å². The molecule has 35 heavy (non-hydrogen) atoms. The Bertz CT molecular complexity index is 1330. The molecule has 0 saturated carbocycles. The third kappa shape index (κ3) is 6.92. The van der Waals surface area contributed by atoms with Crippen molar-refractivity contribution in [3.8, 4) is 0 Å². The summed E-state index contributed by atoms with van der Waals surface area (Å²) in [6.07, 6.45) is -0.656. The molecular formula is C25H30N4O5S. The molecule has 2 aromatic carbocycles. The second-order valence-corrected chi connectivity index (χ2v) is 10.8. The van der Waals surface area contributed by atoms with Gasteiger partial charge in [0.05, 0.1) is 28.3 Å². The number of carbonyl (C=O) groups is 2. The topological polar surface area (TPSA) is 118 Å².